The van der Waals surface area contributed by atoms with Crippen molar-refractivity contribution in [2.24, 2.45) is 4.99 Å². The molecule has 0 saturated carbocycles. The number of aromatic nitrogens is 1. The summed E-state index contributed by atoms with van der Waals surface area (Å²) >= 11 is 1.34. The highest BCUT2D eigenvalue weighted by Gasteiger charge is 2.13. The molecule has 0 N–H and O–H groups in total. The molecule has 3 rings (SSSR count). The first-order chi connectivity index (χ1) is 15.0. The van der Waals surface area contributed by atoms with Gasteiger partial charge in [0.25, 0.3) is 5.91 Å². The second-order valence-electron chi connectivity index (χ2n) is 6.57. The standard InChI is InChI=1S/C22H24N2O6S/c1-27-10-9-24-16-7-6-15(21(26)30-4)13-19(16)31-22(24)23-20(25)12-14-5-8-17(28-2)18(11-14)29-3/h5-8,11,13H,9-10,12H2,1-4H3. The predicted octanol–water partition coefficient (Wildman–Crippen LogP) is 2.82. The van der Waals surface area contributed by atoms with E-state index in [0.29, 0.717) is 35.0 Å². The smallest absolute Gasteiger partial charge is 0.337 e. The first kappa shape index (κ1) is 22.5. The summed E-state index contributed by atoms with van der Waals surface area (Å²) < 4.78 is 23.3. The monoisotopic (exact) mass is 444 g/mol. The van der Waals surface area contributed by atoms with Gasteiger partial charge in [0.05, 0.1) is 50.1 Å². The molecule has 164 valence electrons. The van der Waals surface area contributed by atoms with Crippen LogP contribution in [0.25, 0.3) is 10.2 Å². The van der Waals surface area contributed by atoms with Crippen molar-refractivity contribution in [2.45, 2.75) is 13.0 Å². The number of hydrogen-bond acceptors (Lipinski definition) is 7. The molecular formula is C22H24N2O6S. The highest BCUT2D eigenvalue weighted by molar-refractivity contribution is 7.16. The van der Waals surface area contributed by atoms with Crippen LogP contribution in [-0.4, -0.2) is 51.5 Å². The maximum Gasteiger partial charge on any atom is 0.337 e. The summed E-state index contributed by atoms with van der Waals surface area (Å²) in [5.41, 5.74) is 2.08. The van der Waals surface area contributed by atoms with Crippen LogP contribution >= 0.6 is 11.3 Å². The first-order valence-corrected chi connectivity index (χ1v) is 10.3. The summed E-state index contributed by atoms with van der Waals surface area (Å²) in [5.74, 6) is 0.444. The molecular weight excluding hydrogens is 420 g/mol. The van der Waals surface area contributed by atoms with Crippen molar-refractivity contribution in [2.75, 3.05) is 35.0 Å². The van der Waals surface area contributed by atoms with Crippen LogP contribution in [0.2, 0.25) is 0 Å². The van der Waals surface area contributed by atoms with Crippen LogP contribution in [0.15, 0.2) is 41.4 Å². The summed E-state index contributed by atoms with van der Waals surface area (Å²) in [4.78, 5) is 29.4. The highest BCUT2D eigenvalue weighted by atomic mass is 32.1. The molecule has 0 bridgehead atoms. The van der Waals surface area contributed by atoms with Gasteiger partial charge in [0.15, 0.2) is 16.3 Å². The third-order valence-corrected chi connectivity index (χ3v) is 5.69. The molecule has 0 atom stereocenters. The van der Waals surface area contributed by atoms with Crippen LogP contribution in [-0.2, 0) is 27.2 Å². The highest BCUT2D eigenvalue weighted by Crippen LogP contribution is 2.27. The van der Waals surface area contributed by atoms with Gasteiger partial charge in [-0.15, -0.1) is 0 Å². The number of thiazole rings is 1. The van der Waals surface area contributed by atoms with Gasteiger partial charge < -0.3 is 23.5 Å². The topological polar surface area (TPSA) is 88.4 Å². The maximum atomic E-state index is 12.7. The van der Waals surface area contributed by atoms with Crippen LogP contribution in [0.1, 0.15) is 15.9 Å². The van der Waals surface area contributed by atoms with E-state index >= 15 is 0 Å². The number of carbonyl (C=O) groups excluding carboxylic acids is 2. The van der Waals surface area contributed by atoms with Crippen molar-refractivity contribution in [3.05, 3.63) is 52.3 Å². The zero-order valence-electron chi connectivity index (χ0n) is 17.8. The third kappa shape index (κ3) is 5.12. The SMILES string of the molecule is COCCn1c(=NC(=O)Cc2ccc(OC)c(OC)c2)sc2cc(C(=O)OC)ccc21. The van der Waals surface area contributed by atoms with E-state index in [0.717, 1.165) is 15.8 Å². The number of fused-ring (bicyclic) bond motifs is 1. The fourth-order valence-electron chi connectivity index (χ4n) is 3.11. The number of rotatable bonds is 8. The molecule has 3 aromatic rings. The number of nitrogens with zero attached hydrogens (tertiary/aromatic N) is 2. The van der Waals surface area contributed by atoms with Gasteiger partial charge in [-0.05, 0) is 35.9 Å². The number of methoxy groups -OCH3 is 4. The maximum absolute atomic E-state index is 12.7. The van der Waals surface area contributed by atoms with E-state index < -0.39 is 5.97 Å². The molecule has 0 aliphatic heterocycles. The predicted molar refractivity (Wildman–Crippen MR) is 117 cm³/mol. The van der Waals surface area contributed by atoms with E-state index in [9.17, 15) is 9.59 Å². The fourth-order valence-corrected chi connectivity index (χ4v) is 4.23. The molecule has 9 heteroatoms. The average Bonchev–Trinajstić information content (AvgIpc) is 3.12. The average molecular weight is 445 g/mol. The van der Waals surface area contributed by atoms with Crippen molar-refractivity contribution in [3.63, 3.8) is 0 Å². The molecule has 0 unspecified atom stereocenters. The molecule has 1 heterocycles. The van der Waals surface area contributed by atoms with Crippen molar-refractivity contribution >= 4 is 33.4 Å². The number of carbonyl (C=O) groups is 2. The molecule has 0 saturated heterocycles. The molecule has 0 aliphatic rings. The minimum atomic E-state index is -0.415. The van der Waals surface area contributed by atoms with E-state index in [-0.39, 0.29) is 12.3 Å². The molecule has 1 aromatic heterocycles. The van der Waals surface area contributed by atoms with Crippen LogP contribution in [0.3, 0.4) is 0 Å². The quantitative estimate of drug-likeness (QED) is 0.497. The molecule has 0 fully saturated rings. The molecule has 0 radical (unpaired) electrons. The van der Waals surface area contributed by atoms with Gasteiger partial charge in [-0.1, -0.05) is 17.4 Å². The largest absolute Gasteiger partial charge is 0.493 e. The van der Waals surface area contributed by atoms with Crippen LogP contribution in [0.5, 0.6) is 11.5 Å². The van der Waals surface area contributed by atoms with Crippen molar-refractivity contribution in [1.29, 1.82) is 0 Å². The molecule has 2 aromatic carbocycles. The minimum absolute atomic E-state index is 0.117. The number of benzene rings is 2. The summed E-state index contributed by atoms with van der Waals surface area (Å²) in [5, 5.41) is 0. The van der Waals surface area contributed by atoms with Crippen LogP contribution in [0, 0.1) is 0 Å². The summed E-state index contributed by atoms with van der Waals surface area (Å²) in [6.07, 6.45) is 0.117. The normalized spacial score (nSPS) is 11.5. The summed E-state index contributed by atoms with van der Waals surface area (Å²) in [7, 11) is 6.06. The lowest BCUT2D eigenvalue weighted by Crippen LogP contribution is -2.19. The molecule has 8 nitrogen and oxygen atoms in total. The number of esters is 1. The molecule has 31 heavy (non-hydrogen) atoms. The van der Waals surface area contributed by atoms with Crippen LogP contribution < -0.4 is 14.3 Å². The van der Waals surface area contributed by atoms with E-state index in [4.69, 9.17) is 18.9 Å². The Morgan fingerprint density at radius 1 is 1.00 bits per heavy atom. The third-order valence-electron chi connectivity index (χ3n) is 4.65. The molecule has 0 aliphatic carbocycles. The van der Waals surface area contributed by atoms with Gasteiger partial charge in [-0.2, -0.15) is 4.99 Å². The lowest BCUT2D eigenvalue weighted by Gasteiger charge is -2.08. The van der Waals surface area contributed by atoms with Gasteiger partial charge in [-0.3, -0.25) is 4.79 Å². The second kappa shape index (κ2) is 10.2. The van der Waals surface area contributed by atoms with Gasteiger partial charge in [-0.25, -0.2) is 4.79 Å². The van der Waals surface area contributed by atoms with Crippen molar-refractivity contribution < 1.29 is 28.5 Å². The minimum Gasteiger partial charge on any atom is -0.493 e. The molecule has 1 amide bonds. The summed E-state index contributed by atoms with van der Waals surface area (Å²) in [6.45, 7) is 0.984. The Morgan fingerprint density at radius 3 is 2.45 bits per heavy atom. The van der Waals surface area contributed by atoms with E-state index in [2.05, 4.69) is 4.99 Å². The molecule has 0 spiro atoms. The first-order valence-electron chi connectivity index (χ1n) is 9.49. The van der Waals surface area contributed by atoms with E-state index in [1.54, 1.807) is 51.7 Å². The Bertz CT molecular complexity index is 1160. The van der Waals surface area contributed by atoms with Crippen molar-refractivity contribution in [1.82, 2.24) is 4.57 Å². The zero-order chi connectivity index (χ0) is 22.4. The van der Waals surface area contributed by atoms with Gasteiger partial charge in [0, 0.05) is 13.7 Å². The Kier molecular flexibility index (Phi) is 7.43. The van der Waals surface area contributed by atoms with E-state index in [1.807, 2.05) is 10.6 Å². The second-order valence-corrected chi connectivity index (χ2v) is 7.58. The number of ether oxygens (including phenoxy) is 4. The van der Waals surface area contributed by atoms with Gasteiger partial charge in [0.2, 0.25) is 0 Å². The van der Waals surface area contributed by atoms with Gasteiger partial charge >= 0.3 is 5.97 Å². The number of amides is 1. The Labute approximate surface area is 183 Å². The van der Waals surface area contributed by atoms with Crippen molar-refractivity contribution in [3.8, 4) is 11.5 Å². The van der Waals surface area contributed by atoms with E-state index in [1.165, 1.54) is 18.4 Å². The van der Waals surface area contributed by atoms with Crippen LogP contribution in [0.4, 0.5) is 0 Å². The zero-order valence-corrected chi connectivity index (χ0v) is 18.7. The lowest BCUT2D eigenvalue weighted by atomic mass is 10.1. The van der Waals surface area contributed by atoms with Gasteiger partial charge in [0.1, 0.15) is 0 Å². The number of hydrogen-bond donors (Lipinski definition) is 0. The lowest BCUT2D eigenvalue weighted by molar-refractivity contribution is -0.117. The Morgan fingerprint density at radius 2 is 1.77 bits per heavy atom. The Balaban J connectivity index is 1.97. The summed E-state index contributed by atoms with van der Waals surface area (Å²) in [6, 6.07) is 10.6. The fraction of sp³-hybridized carbons (Fsp3) is 0.318. The Hall–Kier alpha value is -3.17.